The molecule has 0 aromatic heterocycles. The van der Waals surface area contributed by atoms with E-state index in [1.165, 1.54) is 25.3 Å². The molecule has 126 valence electrons. The van der Waals surface area contributed by atoms with Crippen molar-refractivity contribution in [2.24, 2.45) is 0 Å². The Morgan fingerprint density at radius 1 is 1.21 bits per heavy atom. The average Bonchev–Trinajstić information content (AvgIpc) is 2.54. The molecule has 7 heteroatoms. The van der Waals surface area contributed by atoms with Gasteiger partial charge in [0.2, 0.25) is 5.91 Å². The van der Waals surface area contributed by atoms with E-state index in [0.29, 0.717) is 5.75 Å². The summed E-state index contributed by atoms with van der Waals surface area (Å²) in [5.41, 5.74) is -0.0563. The lowest BCUT2D eigenvalue weighted by Gasteiger charge is -2.11. The molecule has 0 unspecified atom stereocenters. The van der Waals surface area contributed by atoms with E-state index in [2.05, 4.69) is 21.2 Å². The molecule has 2 aromatic carbocycles. The second kappa shape index (κ2) is 7.53. The van der Waals surface area contributed by atoms with Crippen molar-refractivity contribution in [3.8, 4) is 5.75 Å². The van der Waals surface area contributed by atoms with Crippen molar-refractivity contribution in [3.63, 3.8) is 0 Å². The minimum Gasteiger partial charge on any atom is -0.497 e. The Hall–Kier alpha value is -2.28. The van der Waals surface area contributed by atoms with Gasteiger partial charge in [-0.3, -0.25) is 4.79 Å². The molecule has 1 amide bonds. The molecular weight excluding hydrogens is 387 g/mol. The van der Waals surface area contributed by atoms with Crippen LogP contribution in [-0.2, 0) is 11.0 Å². The Labute approximate surface area is 145 Å². The van der Waals surface area contributed by atoms with E-state index in [9.17, 15) is 18.0 Å². The van der Waals surface area contributed by atoms with Crippen LogP contribution in [0.2, 0.25) is 0 Å². The van der Waals surface area contributed by atoms with E-state index in [0.717, 1.165) is 11.6 Å². The van der Waals surface area contributed by atoms with Crippen LogP contribution in [0.1, 0.15) is 11.1 Å². The van der Waals surface area contributed by atoms with E-state index in [1.54, 1.807) is 30.3 Å². The lowest BCUT2D eigenvalue weighted by atomic mass is 10.2. The highest BCUT2D eigenvalue weighted by Crippen LogP contribution is 2.36. The molecule has 0 bridgehead atoms. The maximum Gasteiger partial charge on any atom is 0.417 e. The molecule has 0 atom stereocenters. The van der Waals surface area contributed by atoms with Gasteiger partial charge in [-0.25, -0.2) is 0 Å². The molecule has 0 spiro atoms. The number of rotatable bonds is 4. The van der Waals surface area contributed by atoms with E-state index >= 15 is 0 Å². The molecule has 2 aromatic rings. The highest BCUT2D eigenvalue weighted by Gasteiger charge is 2.33. The first kappa shape index (κ1) is 18.1. The number of anilines is 1. The SMILES string of the molecule is COc1cccc(/C=C/C(=O)Nc2ccc(Br)c(C(F)(F)F)c2)c1. The first-order chi connectivity index (χ1) is 11.3. The quantitative estimate of drug-likeness (QED) is 0.723. The van der Waals surface area contributed by atoms with Crippen molar-refractivity contribution >= 4 is 33.6 Å². The van der Waals surface area contributed by atoms with Gasteiger partial charge in [0.15, 0.2) is 0 Å². The first-order valence-electron chi connectivity index (χ1n) is 6.79. The van der Waals surface area contributed by atoms with Gasteiger partial charge < -0.3 is 10.1 Å². The molecule has 2 rings (SSSR count). The predicted molar refractivity (Wildman–Crippen MR) is 89.8 cm³/mol. The van der Waals surface area contributed by atoms with Gasteiger partial charge in [0.25, 0.3) is 0 Å². The summed E-state index contributed by atoms with van der Waals surface area (Å²) in [5.74, 6) is 0.105. The van der Waals surface area contributed by atoms with Gasteiger partial charge in [-0.05, 0) is 42.0 Å². The average molecular weight is 400 g/mol. The number of carbonyl (C=O) groups is 1. The molecule has 0 heterocycles. The Kier molecular flexibility index (Phi) is 5.66. The van der Waals surface area contributed by atoms with Crippen molar-refractivity contribution in [3.05, 3.63) is 64.1 Å². The number of nitrogens with one attached hydrogen (secondary N) is 1. The maximum atomic E-state index is 12.8. The number of carbonyl (C=O) groups excluding carboxylic acids is 1. The maximum absolute atomic E-state index is 12.8. The van der Waals surface area contributed by atoms with Crippen molar-refractivity contribution in [2.75, 3.05) is 12.4 Å². The van der Waals surface area contributed by atoms with Crippen LogP contribution in [0.5, 0.6) is 5.75 Å². The zero-order valence-corrected chi connectivity index (χ0v) is 14.1. The summed E-state index contributed by atoms with van der Waals surface area (Å²) in [6.07, 6.45) is -1.72. The van der Waals surface area contributed by atoms with Gasteiger partial charge in [0.05, 0.1) is 12.7 Å². The number of alkyl halides is 3. The number of methoxy groups -OCH3 is 1. The number of halogens is 4. The zero-order chi connectivity index (χ0) is 17.7. The smallest absolute Gasteiger partial charge is 0.417 e. The van der Waals surface area contributed by atoms with Crippen LogP contribution in [0.4, 0.5) is 18.9 Å². The summed E-state index contributed by atoms with van der Waals surface area (Å²) in [7, 11) is 1.53. The van der Waals surface area contributed by atoms with Crippen LogP contribution in [-0.4, -0.2) is 13.0 Å². The van der Waals surface area contributed by atoms with Crippen molar-refractivity contribution in [1.29, 1.82) is 0 Å². The molecule has 0 fully saturated rings. The highest BCUT2D eigenvalue weighted by molar-refractivity contribution is 9.10. The number of amides is 1. The monoisotopic (exact) mass is 399 g/mol. The van der Waals surface area contributed by atoms with Crippen LogP contribution < -0.4 is 10.1 Å². The Morgan fingerprint density at radius 2 is 1.96 bits per heavy atom. The number of hydrogen-bond donors (Lipinski definition) is 1. The van der Waals surface area contributed by atoms with Crippen LogP contribution in [0.15, 0.2) is 53.0 Å². The normalized spacial score (nSPS) is 11.5. The van der Waals surface area contributed by atoms with E-state index < -0.39 is 17.6 Å². The molecule has 24 heavy (non-hydrogen) atoms. The number of benzene rings is 2. The highest BCUT2D eigenvalue weighted by atomic mass is 79.9. The largest absolute Gasteiger partial charge is 0.497 e. The van der Waals surface area contributed by atoms with Crippen LogP contribution >= 0.6 is 15.9 Å². The lowest BCUT2D eigenvalue weighted by molar-refractivity contribution is -0.138. The predicted octanol–water partition coefficient (Wildman–Crippen LogP) is 5.13. The van der Waals surface area contributed by atoms with Crippen molar-refractivity contribution in [2.45, 2.75) is 6.18 Å². The van der Waals surface area contributed by atoms with Crippen molar-refractivity contribution in [1.82, 2.24) is 0 Å². The third-order valence-corrected chi connectivity index (χ3v) is 3.75. The van der Waals surface area contributed by atoms with Gasteiger partial charge >= 0.3 is 6.18 Å². The Bertz CT molecular complexity index is 773. The van der Waals surface area contributed by atoms with E-state index in [-0.39, 0.29) is 10.2 Å². The van der Waals surface area contributed by atoms with Gasteiger partial charge in [0.1, 0.15) is 5.75 Å². The zero-order valence-electron chi connectivity index (χ0n) is 12.5. The number of ether oxygens (including phenoxy) is 1. The summed E-state index contributed by atoms with van der Waals surface area (Å²) in [4.78, 5) is 11.9. The molecule has 0 aliphatic carbocycles. The minimum atomic E-state index is -4.50. The van der Waals surface area contributed by atoms with Gasteiger partial charge in [-0.2, -0.15) is 13.2 Å². The minimum absolute atomic E-state index is 0.0609. The summed E-state index contributed by atoms with van der Waals surface area (Å²) in [6, 6.07) is 10.5. The molecule has 0 radical (unpaired) electrons. The second-order valence-corrected chi connectivity index (χ2v) is 5.65. The third kappa shape index (κ3) is 4.86. The first-order valence-corrected chi connectivity index (χ1v) is 7.59. The molecular formula is C17H13BrF3NO2. The van der Waals surface area contributed by atoms with Gasteiger partial charge in [-0.15, -0.1) is 0 Å². The third-order valence-electron chi connectivity index (χ3n) is 3.06. The van der Waals surface area contributed by atoms with Crippen LogP contribution in [0.25, 0.3) is 6.08 Å². The standard InChI is InChI=1S/C17H13BrF3NO2/c1-24-13-4-2-3-11(9-13)5-8-16(23)22-12-6-7-15(18)14(10-12)17(19,20)21/h2-10H,1H3,(H,22,23)/b8-5+. The molecule has 0 aliphatic heterocycles. The number of hydrogen-bond acceptors (Lipinski definition) is 2. The topological polar surface area (TPSA) is 38.3 Å². The van der Waals surface area contributed by atoms with Gasteiger partial charge in [0, 0.05) is 16.2 Å². The summed E-state index contributed by atoms with van der Waals surface area (Å²) in [5, 5.41) is 2.40. The van der Waals surface area contributed by atoms with E-state index in [1.807, 2.05) is 0 Å². The van der Waals surface area contributed by atoms with Crippen LogP contribution in [0, 0.1) is 0 Å². The fraction of sp³-hybridized carbons (Fsp3) is 0.118. The molecule has 1 N–H and O–H groups in total. The summed E-state index contributed by atoms with van der Waals surface area (Å²) >= 11 is 2.85. The fourth-order valence-corrected chi connectivity index (χ4v) is 2.39. The Balaban J connectivity index is 2.11. The van der Waals surface area contributed by atoms with Crippen LogP contribution in [0.3, 0.4) is 0 Å². The second-order valence-electron chi connectivity index (χ2n) is 4.79. The summed E-state index contributed by atoms with van der Waals surface area (Å²) < 4.78 is 43.5. The molecule has 3 nitrogen and oxygen atoms in total. The summed E-state index contributed by atoms with van der Waals surface area (Å²) in [6.45, 7) is 0. The lowest BCUT2D eigenvalue weighted by Crippen LogP contribution is -2.11. The van der Waals surface area contributed by atoms with E-state index in [4.69, 9.17) is 4.74 Å². The molecule has 0 aliphatic rings. The Morgan fingerprint density at radius 3 is 2.62 bits per heavy atom. The molecule has 0 saturated carbocycles. The van der Waals surface area contributed by atoms with Crippen molar-refractivity contribution < 1.29 is 22.7 Å². The van der Waals surface area contributed by atoms with Gasteiger partial charge in [-0.1, -0.05) is 28.1 Å². The molecule has 0 saturated heterocycles. The fourth-order valence-electron chi connectivity index (χ4n) is 1.92.